The highest BCUT2D eigenvalue weighted by molar-refractivity contribution is 5.21. The molecule has 0 saturated carbocycles. The van der Waals surface area contributed by atoms with E-state index in [0.29, 0.717) is 5.92 Å². The summed E-state index contributed by atoms with van der Waals surface area (Å²) in [6.45, 7) is 9.27. The first-order valence-electron chi connectivity index (χ1n) is 14.9. The first-order valence-corrected chi connectivity index (χ1v) is 14.9. The van der Waals surface area contributed by atoms with E-state index in [9.17, 15) is 0 Å². The molecule has 0 amide bonds. The molecule has 1 atom stereocenters. The molecule has 2 nitrogen and oxygen atoms in total. The Hall–Kier alpha value is -2.35. The lowest BCUT2D eigenvalue weighted by Gasteiger charge is -2.12. The Morgan fingerprint density at radius 2 is 1.28 bits per heavy atom. The Balaban J connectivity index is 1.79. The molecule has 1 aromatic heterocycles. The summed E-state index contributed by atoms with van der Waals surface area (Å²) in [6, 6.07) is 22.1. The molecule has 0 N–H and O–H groups in total. The minimum atomic E-state index is 0.520. The van der Waals surface area contributed by atoms with Crippen molar-refractivity contribution in [3.8, 4) is 0 Å². The molecule has 0 spiro atoms. The largest absolute Gasteiger partial charge is 0.261 e. The van der Waals surface area contributed by atoms with Crippen molar-refractivity contribution >= 4 is 0 Å². The van der Waals surface area contributed by atoms with Crippen LogP contribution in [-0.4, -0.2) is 4.57 Å². The van der Waals surface area contributed by atoms with Gasteiger partial charge < -0.3 is 0 Å². The Morgan fingerprint density at radius 3 is 1.94 bits per heavy atom. The highest BCUT2D eigenvalue weighted by Crippen LogP contribution is 2.21. The fraction of sp³-hybridized carbons (Fsp3) is 0.559. The lowest BCUT2D eigenvalue weighted by molar-refractivity contribution is -0.710. The number of hydrogen-bond acceptors (Lipinski definition) is 0. The summed E-state index contributed by atoms with van der Waals surface area (Å²) in [7, 11) is 0. The molecule has 0 radical (unpaired) electrons. The summed E-state index contributed by atoms with van der Waals surface area (Å²) in [5.41, 5.74) is 4.37. The van der Waals surface area contributed by atoms with Crippen LogP contribution in [0.1, 0.15) is 120 Å². The van der Waals surface area contributed by atoms with Gasteiger partial charge in [-0.2, -0.15) is 0 Å². The molecule has 1 heterocycles. The van der Waals surface area contributed by atoms with Gasteiger partial charge in [-0.1, -0.05) is 126 Å². The van der Waals surface area contributed by atoms with Gasteiger partial charge in [0.2, 0.25) is 0 Å². The molecular formula is C34H51N2+. The van der Waals surface area contributed by atoms with E-state index in [2.05, 4.69) is 96.8 Å². The second-order valence-corrected chi connectivity index (χ2v) is 10.7. The Kier molecular flexibility index (Phi) is 12.9. The van der Waals surface area contributed by atoms with Gasteiger partial charge in [-0.05, 0) is 42.7 Å². The van der Waals surface area contributed by atoms with Crippen LogP contribution in [0.15, 0.2) is 66.9 Å². The number of imidazole rings is 1. The van der Waals surface area contributed by atoms with E-state index < -0.39 is 0 Å². The minimum absolute atomic E-state index is 0.520. The lowest BCUT2D eigenvalue weighted by atomic mass is 9.96. The average Bonchev–Trinajstić information content (AvgIpc) is 3.22. The van der Waals surface area contributed by atoms with Gasteiger partial charge in [-0.3, -0.25) is 0 Å². The number of hydrogen-bond donors (Lipinski definition) is 0. The molecule has 0 aliphatic carbocycles. The maximum absolute atomic E-state index is 2.70. The van der Waals surface area contributed by atoms with Gasteiger partial charge in [0.1, 0.15) is 11.9 Å². The van der Waals surface area contributed by atoms with Crippen LogP contribution in [0.25, 0.3) is 0 Å². The van der Waals surface area contributed by atoms with E-state index in [4.69, 9.17) is 0 Å². The maximum atomic E-state index is 2.70. The maximum Gasteiger partial charge on any atom is 0.261 e. The molecule has 196 valence electrons. The molecule has 0 fully saturated rings. The highest BCUT2D eigenvalue weighted by Gasteiger charge is 2.25. The number of unbranched alkanes of at least 4 members (excludes halogenated alkanes) is 9. The molecule has 0 aliphatic heterocycles. The zero-order valence-electron chi connectivity index (χ0n) is 23.4. The number of benzene rings is 2. The SMILES string of the molecule is CCCCCCCCCC[n+]1c(CC(C)c2ccccc2)cn(CCCCC)c1Cc1ccccc1. The van der Waals surface area contributed by atoms with Crippen LogP contribution in [0, 0.1) is 0 Å². The Bertz CT molecular complexity index is 958. The summed E-state index contributed by atoms with van der Waals surface area (Å²) in [6.07, 6.45) is 19.4. The molecule has 3 rings (SSSR count). The number of rotatable bonds is 18. The predicted molar refractivity (Wildman–Crippen MR) is 155 cm³/mol. The molecular weight excluding hydrogens is 436 g/mol. The second-order valence-electron chi connectivity index (χ2n) is 10.7. The van der Waals surface area contributed by atoms with Crippen LogP contribution in [0.2, 0.25) is 0 Å². The van der Waals surface area contributed by atoms with E-state index in [1.165, 1.54) is 93.3 Å². The molecule has 2 heteroatoms. The van der Waals surface area contributed by atoms with E-state index in [-0.39, 0.29) is 0 Å². The van der Waals surface area contributed by atoms with Crippen molar-refractivity contribution in [3.63, 3.8) is 0 Å². The summed E-state index contributed by atoms with van der Waals surface area (Å²) in [4.78, 5) is 0. The van der Waals surface area contributed by atoms with Gasteiger partial charge in [0.15, 0.2) is 0 Å². The van der Waals surface area contributed by atoms with Gasteiger partial charge in [-0.25, -0.2) is 9.13 Å². The zero-order chi connectivity index (χ0) is 25.4. The molecule has 1 unspecified atom stereocenters. The third-order valence-corrected chi connectivity index (χ3v) is 7.62. The van der Waals surface area contributed by atoms with Crippen molar-refractivity contribution in [2.24, 2.45) is 0 Å². The first-order chi connectivity index (χ1) is 17.7. The van der Waals surface area contributed by atoms with Gasteiger partial charge >= 0.3 is 0 Å². The van der Waals surface area contributed by atoms with E-state index >= 15 is 0 Å². The number of aromatic nitrogens is 2. The van der Waals surface area contributed by atoms with Crippen molar-refractivity contribution < 1.29 is 4.57 Å². The van der Waals surface area contributed by atoms with Crippen LogP contribution < -0.4 is 4.57 Å². The van der Waals surface area contributed by atoms with Gasteiger partial charge in [0.05, 0.1) is 19.5 Å². The third-order valence-electron chi connectivity index (χ3n) is 7.62. The van der Waals surface area contributed by atoms with Crippen molar-refractivity contribution in [3.05, 3.63) is 89.5 Å². The first kappa shape index (κ1) is 28.2. The number of aryl methyl sites for hydroxylation is 1. The quantitative estimate of drug-likeness (QED) is 0.125. The molecule has 36 heavy (non-hydrogen) atoms. The predicted octanol–water partition coefficient (Wildman–Crippen LogP) is 9.04. The molecule has 3 aromatic rings. The van der Waals surface area contributed by atoms with E-state index in [1.807, 2.05) is 0 Å². The normalized spacial score (nSPS) is 12.2. The Labute approximate surface area is 221 Å². The Morgan fingerprint density at radius 1 is 0.694 bits per heavy atom. The van der Waals surface area contributed by atoms with Crippen LogP contribution in [-0.2, 0) is 25.9 Å². The minimum Gasteiger partial charge on any atom is -0.234 e. The zero-order valence-corrected chi connectivity index (χ0v) is 23.4. The van der Waals surface area contributed by atoms with E-state index in [1.54, 1.807) is 0 Å². The highest BCUT2D eigenvalue weighted by atomic mass is 15.2. The fourth-order valence-corrected chi connectivity index (χ4v) is 5.40. The smallest absolute Gasteiger partial charge is 0.234 e. The van der Waals surface area contributed by atoms with Crippen LogP contribution in [0.5, 0.6) is 0 Å². The summed E-state index contributed by atoms with van der Waals surface area (Å²) >= 11 is 0. The van der Waals surface area contributed by atoms with Crippen molar-refractivity contribution in [2.45, 2.75) is 123 Å². The van der Waals surface area contributed by atoms with Crippen molar-refractivity contribution in [2.75, 3.05) is 0 Å². The van der Waals surface area contributed by atoms with Crippen LogP contribution in [0.4, 0.5) is 0 Å². The summed E-state index contributed by atoms with van der Waals surface area (Å²) in [5.74, 6) is 2.02. The topological polar surface area (TPSA) is 8.81 Å². The molecule has 0 bridgehead atoms. The van der Waals surface area contributed by atoms with Gasteiger partial charge in [0.25, 0.3) is 5.82 Å². The standard InChI is InChI=1S/C34H51N2/c1-4-6-8-9-10-11-12-20-26-36-33(27-30(3)32-23-17-14-18-24-32)29-35(25-19-7-5-2)34(36)28-31-21-15-13-16-22-31/h13-18,21-24,29-30H,4-12,19-20,25-28H2,1-3H3/q+1. The van der Waals surface area contributed by atoms with Gasteiger partial charge in [-0.15, -0.1) is 0 Å². The van der Waals surface area contributed by atoms with Crippen LogP contribution in [0.3, 0.4) is 0 Å². The van der Waals surface area contributed by atoms with E-state index in [0.717, 1.165) is 25.9 Å². The molecule has 2 aromatic carbocycles. The molecule has 0 aliphatic rings. The summed E-state index contributed by atoms with van der Waals surface area (Å²) < 4.78 is 5.30. The summed E-state index contributed by atoms with van der Waals surface area (Å²) in [5, 5.41) is 0. The second kappa shape index (κ2) is 16.4. The molecule has 0 saturated heterocycles. The average molecular weight is 488 g/mol. The lowest BCUT2D eigenvalue weighted by Crippen LogP contribution is -2.41. The number of nitrogens with zero attached hydrogens (tertiary/aromatic N) is 2. The van der Waals surface area contributed by atoms with Gasteiger partial charge in [0, 0.05) is 6.42 Å². The van der Waals surface area contributed by atoms with Crippen LogP contribution >= 0.6 is 0 Å². The van der Waals surface area contributed by atoms with Crippen molar-refractivity contribution in [1.82, 2.24) is 4.57 Å². The monoisotopic (exact) mass is 487 g/mol. The van der Waals surface area contributed by atoms with Crippen molar-refractivity contribution in [1.29, 1.82) is 0 Å². The third kappa shape index (κ3) is 9.26. The fourth-order valence-electron chi connectivity index (χ4n) is 5.40.